The first kappa shape index (κ1) is 14.3. The first-order chi connectivity index (χ1) is 9.15. The van der Waals surface area contributed by atoms with Gasteiger partial charge in [0.2, 0.25) is 0 Å². The van der Waals surface area contributed by atoms with E-state index in [1.54, 1.807) is 6.07 Å². The van der Waals surface area contributed by atoms with Crippen LogP contribution in [0.5, 0.6) is 5.75 Å². The predicted molar refractivity (Wildman–Crippen MR) is 73.6 cm³/mol. The van der Waals surface area contributed by atoms with Crippen LogP contribution < -0.4 is 15.4 Å². The first-order valence-corrected chi connectivity index (χ1v) is 7.02. The highest BCUT2D eigenvalue weighted by atomic mass is 79.9. The van der Waals surface area contributed by atoms with Gasteiger partial charge in [0, 0.05) is 17.1 Å². The lowest BCUT2D eigenvalue weighted by Gasteiger charge is -2.23. The van der Waals surface area contributed by atoms with Crippen molar-refractivity contribution in [2.75, 3.05) is 19.7 Å². The van der Waals surface area contributed by atoms with Crippen LogP contribution in [-0.4, -0.2) is 31.6 Å². The lowest BCUT2D eigenvalue weighted by molar-refractivity contribution is -0.123. The number of carbonyl (C=O) groups excluding carboxylic acids is 1. The van der Waals surface area contributed by atoms with E-state index in [1.807, 2.05) is 0 Å². The molecule has 1 aromatic rings. The fraction of sp³-hybridized carbons (Fsp3) is 0.462. The molecule has 1 saturated heterocycles. The summed E-state index contributed by atoms with van der Waals surface area (Å²) in [5.41, 5.74) is 0. The quantitative estimate of drug-likeness (QED) is 0.885. The van der Waals surface area contributed by atoms with Crippen LogP contribution in [0.4, 0.5) is 4.39 Å². The van der Waals surface area contributed by atoms with Gasteiger partial charge in [0.25, 0.3) is 5.91 Å². The second-order valence-corrected chi connectivity index (χ2v) is 5.39. The monoisotopic (exact) mass is 330 g/mol. The van der Waals surface area contributed by atoms with Gasteiger partial charge in [-0.15, -0.1) is 0 Å². The molecule has 1 aliphatic heterocycles. The Hall–Kier alpha value is -1.14. The summed E-state index contributed by atoms with van der Waals surface area (Å²) in [4.78, 5) is 11.7. The fourth-order valence-electron chi connectivity index (χ4n) is 1.98. The lowest BCUT2D eigenvalue weighted by Crippen LogP contribution is -2.47. The molecule has 0 spiro atoms. The molecule has 0 aromatic heterocycles. The molecule has 1 heterocycles. The zero-order chi connectivity index (χ0) is 13.7. The molecule has 2 N–H and O–H groups in total. The molecule has 0 saturated carbocycles. The number of carbonyl (C=O) groups is 1. The van der Waals surface area contributed by atoms with E-state index >= 15 is 0 Å². The Morgan fingerprint density at radius 3 is 3.11 bits per heavy atom. The standard InChI is InChI=1S/C13H16BrFN2O2/c14-9-3-4-12(11(15)6-9)19-8-13(18)17-10-2-1-5-16-7-10/h3-4,6,10,16H,1-2,5,7-8H2,(H,17,18). The molecular formula is C13H16BrFN2O2. The molecule has 0 bridgehead atoms. The third-order valence-electron chi connectivity index (χ3n) is 2.91. The molecule has 0 aliphatic carbocycles. The van der Waals surface area contributed by atoms with E-state index in [0.29, 0.717) is 4.47 Å². The van der Waals surface area contributed by atoms with Gasteiger partial charge in [-0.2, -0.15) is 0 Å². The van der Waals surface area contributed by atoms with Crippen molar-refractivity contribution in [3.05, 3.63) is 28.5 Å². The number of benzene rings is 1. The predicted octanol–water partition coefficient (Wildman–Crippen LogP) is 1.84. The highest BCUT2D eigenvalue weighted by molar-refractivity contribution is 9.10. The molecule has 0 radical (unpaired) electrons. The molecule has 1 unspecified atom stereocenters. The molecule has 1 aromatic carbocycles. The van der Waals surface area contributed by atoms with E-state index in [-0.39, 0.29) is 24.3 Å². The van der Waals surface area contributed by atoms with Crippen molar-refractivity contribution < 1.29 is 13.9 Å². The summed E-state index contributed by atoms with van der Waals surface area (Å²) < 4.78 is 19.3. The fourth-order valence-corrected chi connectivity index (χ4v) is 2.31. The van der Waals surface area contributed by atoms with Gasteiger partial charge in [-0.3, -0.25) is 4.79 Å². The van der Waals surface area contributed by atoms with Gasteiger partial charge in [0.1, 0.15) is 0 Å². The maximum Gasteiger partial charge on any atom is 0.258 e. The molecule has 19 heavy (non-hydrogen) atoms. The molecule has 4 nitrogen and oxygen atoms in total. The summed E-state index contributed by atoms with van der Waals surface area (Å²) >= 11 is 3.16. The van der Waals surface area contributed by atoms with Crippen molar-refractivity contribution in [2.45, 2.75) is 18.9 Å². The number of amides is 1. The highest BCUT2D eigenvalue weighted by Crippen LogP contribution is 2.21. The van der Waals surface area contributed by atoms with Crippen molar-refractivity contribution in [2.24, 2.45) is 0 Å². The topological polar surface area (TPSA) is 50.4 Å². The number of nitrogens with one attached hydrogen (secondary N) is 2. The summed E-state index contributed by atoms with van der Waals surface area (Å²) in [7, 11) is 0. The molecule has 2 rings (SSSR count). The van der Waals surface area contributed by atoms with Crippen LogP contribution in [0.1, 0.15) is 12.8 Å². The van der Waals surface area contributed by atoms with Gasteiger partial charge < -0.3 is 15.4 Å². The third kappa shape index (κ3) is 4.47. The zero-order valence-corrected chi connectivity index (χ0v) is 12.0. The van der Waals surface area contributed by atoms with Crippen LogP contribution in [-0.2, 0) is 4.79 Å². The van der Waals surface area contributed by atoms with Crippen LogP contribution >= 0.6 is 15.9 Å². The Kier molecular flexibility index (Phi) is 5.15. The largest absolute Gasteiger partial charge is 0.481 e. The van der Waals surface area contributed by atoms with Crippen molar-refractivity contribution in [3.63, 3.8) is 0 Å². The number of piperidine rings is 1. The number of hydrogen-bond donors (Lipinski definition) is 2. The van der Waals surface area contributed by atoms with E-state index in [9.17, 15) is 9.18 Å². The van der Waals surface area contributed by atoms with Crippen LogP contribution in [0.15, 0.2) is 22.7 Å². The second kappa shape index (κ2) is 6.86. The Balaban J connectivity index is 1.79. The average Bonchev–Trinajstić information content (AvgIpc) is 2.39. The van der Waals surface area contributed by atoms with Gasteiger partial charge in [-0.25, -0.2) is 4.39 Å². The smallest absolute Gasteiger partial charge is 0.258 e. The molecule has 1 fully saturated rings. The number of halogens is 2. The highest BCUT2D eigenvalue weighted by Gasteiger charge is 2.15. The summed E-state index contributed by atoms with van der Waals surface area (Å²) in [5.74, 6) is -0.627. The summed E-state index contributed by atoms with van der Waals surface area (Å²) in [5, 5.41) is 6.07. The molecule has 1 amide bonds. The molecule has 104 valence electrons. The summed E-state index contributed by atoms with van der Waals surface area (Å²) in [6.07, 6.45) is 2.01. The molecule has 1 atom stereocenters. The van der Waals surface area contributed by atoms with Gasteiger partial charge in [-0.1, -0.05) is 15.9 Å². The van der Waals surface area contributed by atoms with Crippen LogP contribution in [0.2, 0.25) is 0 Å². The Morgan fingerprint density at radius 1 is 1.58 bits per heavy atom. The van der Waals surface area contributed by atoms with Crippen LogP contribution in [0.25, 0.3) is 0 Å². The molecule has 1 aliphatic rings. The van der Waals surface area contributed by atoms with E-state index in [2.05, 4.69) is 26.6 Å². The Bertz CT molecular complexity index is 450. The normalized spacial score (nSPS) is 18.9. The average molecular weight is 331 g/mol. The summed E-state index contributed by atoms with van der Waals surface area (Å²) in [6, 6.07) is 4.61. The minimum Gasteiger partial charge on any atom is -0.481 e. The molecular weight excluding hydrogens is 315 g/mol. The second-order valence-electron chi connectivity index (χ2n) is 4.47. The van der Waals surface area contributed by atoms with Gasteiger partial charge >= 0.3 is 0 Å². The van der Waals surface area contributed by atoms with Crippen molar-refractivity contribution >= 4 is 21.8 Å². The van der Waals surface area contributed by atoms with Crippen LogP contribution in [0, 0.1) is 5.82 Å². The zero-order valence-electron chi connectivity index (χ0n) is 10.4. The maximum atomic E-state index is 13.5. The first-order valence-electron chi connectivity index (χ1n) is 6.23. The SMILES string of the molecule is O=C(COc1ccc(Br)cc1F)NC1CCCNC1. The van der Waals surface area contributed by atoms with E-state index < -0.39 is 5.82 Å². The summed E-state index contributed by atoms with van der Waals surface area (Å²) in [6.45, 7) is 1.60. The van der Waals surface area contributed by atoms with Gasteiger partial charge in [-0.05, 0) is 37.6 Å². The Morgan fingerprint density at radius 2 is 2.42 bits per heavy atom. The van der Waals surface area contributed by atoms with Gasteiger partial charge in [0.15, 0.2) is 18.2 Å². The minimum absolute atomic E-state index is 0.0834. The van der Waals surface area contributed by atoms with E-state index in [4.69, 9.17) is 4.74 Å². The number of rotatable bonds is 4. The minimum atomic E-state index is -0.485. The Labute approximate surface area is 119 Å². The number of hydrogen-bond acceptors (Lipinski definition) is 3. The van der Waals surface area contributed by atoms with Crippen LogP contribution in [0.3, 0.4) is 0 Å². The molecule has 6 heteroatoms. The van der Waals surface area contributed by atoms with Crippen molar-refractivity contribution in [1.29, 1.82) is 0 Å². The maximum absolute atomic E-state index is 13.5. The lowest BCUT2D eigenvalue weighted by atomic mass is 10.1. The van der Waals surface area contributed by atoms with Crippen molar-refractivity contribution in [3.8, 4) is 5.75 Å². The van der Waals surface area contributed by atoms with E-state index in [1.165, 1.54) is 12.1 Å². The number of ether oxygens (including phenoxy) is 1. The third-order valence-corrected chi connectivity index (χ3v) is 3.41. The van der Waals surface area contributed by atoms with Crippen molar-refractivity contribution in [1.82, 2.24) is 10.6 Å². The van der Waals surface area contributed by atoms with E-state index in [0.717, 1.165) is 25.9 Å². The van der Waals surface area contributed by atoms with Gasteiger partial charge in [0.05, 0.1) is 0 Å².